The minimum Gasteiger partial charge on any atom is -0.309 e. The maximum atomic E-state index is 12.1. The number of hydrogen-bond acceptors (Lipinski definition) is 3. The predicted molar refractivity (Wildman–Crippen MR) is 83.2 cm³/mol. The normalized spacial score (nSPS) is 20.9. The summed E-state index contributed by atoms with van der Waals surface area (Å²) < 4.78 is 1.69. The Balaban J connectivity index is 1.89. The van der Waals surface area contributed by atoms with Crippen LogP contribution in [0.4, 0.5) is 5.82 Å². The zero-order chi connectivity index (χ0) is 15.4. The molecule has 1 amide bonds. The van der Waals surface area contributed by atoms with Gasteiger partial charge in [0.25, 0.3) is 0 Å². The van der Waals surface area contributed by atoms with Crippen LogP contribution >= 0.6 is 11.6 Å². The minimum atomic E-state index is -0.0609. The summed E-state index contributed by atoms with van der Waals surface area (Å²) in [5, 5.41) is 15.4. The Morgan fingerprint density at radius 2 is 2.14 bits per heavy atom. The number of hydrogen-bond donors (Lipinski definition) is 2. The van der Waals surface area contributed by atoms with Crippen molar-refractivity contribution >= 4 is 23.3 Å². The first kappa shape index (κ1) is 13.8. The van der Waals surface area contributed by atoms with Gasteiger partial charge >= 0.3 is 0 Å². The van der Waals surface area contributed by atoms with Crippen molar-refractivity contribution in [2.24, 2.45) is 7.05 Å². The largest absolute Gasteiger partial charge is 0.309 e. The molecule has 0 aromatic carbocycles. The molecule has 1 atom stereocenters. The Kier molecular flexibility index (Phi) is 3.04. The molecule has 2 N–H and O–H groups in total. The van der Waals surface area contributed by atoms with Crippen LogP contribution in [-0.2, 0) is 18.3 Å². The molecule has 1 aliphatic carbocycles. The molecule has 0 saturated heterocycles. The lowest BCUT2D eigenvalue weighted by Crippen LogP contribution is -2.24. The summed E-state index contributed by atoms with van der Waals surface area (Å²) in [7, 11) is 1.84. The van der Waals surface area contributed by atoms with Gasteiger partial charge in [0.15, 0.2) is 5.82 Å². The number of nitrogens with one attached hydrogen (secondary N) is 2. The molecule has 2 aromatic heterocycles. The molecular weight excluding hydrogens is 302 g/mol. The maximum absolute atomic E-state index is 12.1. The molecule has 116 valence electrons. The van der Waals surface area contributed by atoms with Crippen LogP contribution in [0, 0.1) is 0 Å². The van der Waals surface area contributed by atoms with Crippen molar-refractivity contribution < 1.29 is 4.79 Å². The summed E-state index contributed by atoms with van der Waals surface area (Å²) in [5.41, 5.74) is 4.20. The van der Waals surface area contributed by atoms with Gasteiger partial charge in [-0.3, -0.25) is 14.6 Å². The van der Waals surface area contributed by atoms with E-state index in [1.54, 1.807) is 4.68 Å². The average molecular weight is 320 g/mol. The van der Waals surface area contributed by atoms with Crippen LogP contribution in [0.3, 0.4) is 0 Å². The molecule has 1 fully saturated rings. The van der Waals surface area contributed by atoms with Crippen LogP contribution < -0.4 is 5.32 Å². The number of fused-ring (bicyclic) bond motifs is 1. The van der Waals surface area contributed by atoms with E-state index in [2.05, 4.69) is 27.5 Å². The molecular formula is C15H18ClN5O. The third-order valence-electron chi connectivity index (χ3n) is 4.59. The summed E-state index contributed by atoms with van der Waals surface area (Å²) in [6.07, 6.45) is 3.54. The molecule has 1 unspecified atom stereocenters. The molecule has 4 rings (SSSR count). The molecule has 7 heteroatoms. The van der Waals surface area contributed by atoms with E-state index in [0.717, 1.165) is 28.9 Å². The molecule has 22 heavy (non-hydrogen) atoms. The van der Waals surface area contributed by atoms with E-state index in [1.807, 2.05) is 7.05 Å². The minimum absolute atomic E-state index is 0.0201. The van der Waals surface area contributed by atoms with E-state index < -0.39 is 0 Å². The second kappa shape index (κ2) is 4.84. The Labute approximate surface area is 133 Å². The smallest absolute Gasteiger partial charge is 0.226 e. The summed E-state index contributed by atoms with van der Waals surface area (Å²) in [6, 6.07) is 0. The Hall–Kier alpha value is -1.82. The van der Waals surface area contributed by atoms with Gasteiger partial charge in [0.2, 0.25) is 5.91 Å². The predicted octanol–water partition coefficient (Wildman–Crippen LogP) is 2.71. The van der Waals surface area contributed by atoms with E-state index in [-0.39, 0.29) is 11.8 Å². The highest BCUT2D eigenvalue weighted by atomic mass is 35.5. The molecule has 0 bridgehead atoms. The second-order valence-corrected chi connectivity index (χ2v) is 6.47. The molecule has 2 aliphatic rings. The molecule has 6 nitrogen and oxygen atoms in total. The molecule has 1 saturated carbocycles. The lowest BCUT2D eigenvalue weighted by atomic mass is 9.84. The fourth-order valence-electron chi connectivity index (χ4n) is 3.39. The van der Waals surface area contributed by atoms with Gasteiger partial charge in [-0.25, -0.2) is 0 Å². The first-order valence-electron chi connectivity index (χ1n) is 7.69. The second-order valence-electron chi connectivity index (χ2n) is 6.11. The highest BCUT2D eigenvalue weighted by molar-refractivity contribution is 6.30. The lowest BCUT2D eigenvalue weighted by Gasteiger charge is -2.23. The van der Waals surface area contributed by atoms with Crippen LogP contribution in [-0.4, -0.2) is 25.9 Å². The van der Waals surface area contributed by atoms with Gasteiger partial charge in [-0.1, -0.05) is 18.5 Å². The summed E-state index contributed by atoms with van der Waals surface area (Å²) in [5.74, 6) is 1.11. The third kappa shape index (κ3) is 1.97. The van der Waals surface area contributed by atoms with E-state index in [4.69, 9.17) is 11.6 Å². The van der Waals surface area contributed by atoms with Crippen molar-refractivity contribution in [3.63, 3.8) is 0 Å². The number of nitrogens with zero attached hydrogens (tertiary/aromatic N) is 3. The fourth-order valence-corrected chi connectivity index (χ4v) is 3.67. The molecule has 3 heterocycles. The molecule has 0 spiro atoms. The van der Waals surface area contributed by atoms with E-state index in [1.165, 1.54) is 12.8 Å². The molecule has 0 radical (unpaired) electrons. The van der Waals surface area contributed by atoms with Crippen LogP contribution in [0.2, 0.25) is 5.15 Å². The van der Waals surface area contributed by atoms with E-state index in [9.17, 15) is 4.79 Å². The van der Waals surface area contributed by atoms with Gasteiger partial charge in [-0.15, -0.1) is 0 Å². The lowest BCUT2D eigenvalue weighted by molar-refractivity contribution is -0.116. The summed E-state index contributed by atoms with van der Waals surface area (Å²) >= 11 is 6.49. The Bertz CT molecular complexity index is 758. The Morgan fingerprint density at radius 3 is 2.82 bits per heavy atom. The number of aromatic amines is 1. The van der Waals surface area contributed by atoms with Crippen molar-refractivity contribution in [3.8, 4) is 0 Å². The standard InChI is InChI=1S/C15H18ClN5O/c1-3-9-11(14(16)21(2)20-9)8-6-10(22)17-15-12(8)13(18-19-15)7-4-5-7/h7-8H,3-6H2,1-2H3,(H2,17,18,19,22). The quantitative estimate of drug-likeness (QED) is 0.913. The number of carbonyl (C=O) groups is 1. The fraction of sp³-hybridized carbons (Fsp3) is 0.533. The van der Waals surface area contributed by atoms with Gasteiger partial charge in [-0.2, -0.15) is 10.2 Å². The van der Waals surface area contributed by atoms with E-state index in [0.29, 0.717) is 23.3 Å². The van der Waals surface area contributed by atoms with Gasteiger partial charge < -0.3 is 5.32 Å². The van der Waals surface area contributed by atoms with Crippen LogP contribution in [0.15, 0.2) is 0 Å². The topological polar surface area (TPSA) is 75.6 Å². The highest BCUT2D eigenvalue weighted by Gasteiger charge is 2.39. The van der Waals surface area contributed by atoms with Crippen molar-refractivity contribution in [1.29, 1.82) is 0 Å². The monoisotopic (exact) mass is 319 g/mol. The maximum Gasteiger partial charge on any atom is 0.226 e. The van der Waals surface area contributed by atoms with Crippen molar-refractivity contribution in [2.75, 3.05) is 5.32 Å². The zero-order valence-corrected chi connectivity index (χ0v) is 13.4. The number of aromatic nitrogens is 4. The van der Waals surface area contributed by atoms with Gasteiger partial charge in [0, 0.05) is 42.1 Å². The number of H-pyrrole nitrogens is 1. The van der Waals surface area contributed by atoms with Crippen LogP contribution in [0.5, 0.6) is 0 Å². The number of rotatable bonds is 3. The first-order valence-corrected chi connectivity index (χ1v) is 8.07. The number of amides is 1. The SMILES string of the molecule is CCc1nn(C)c(Cl)c1C1CC(=O)Nc2n[nH]c(C3CC3)c21. The number of aryl methyl sites for hydroxylation is 2. The number of anilines is 1. The van der Waals surface area contributed by atoms with Crippen LogP contribution in [0.25, 0.3) is 0 Å². The van der Waals surface area contributed by atoms with Crippen molar-refractivity contribution in [1.82, 2.24) is 20.0 Å². The summed E-state index contributed by atoms with van der Waals surface area (Å²) in [6.45, 7) is 2.06. The number of carbonyl (C=O) groups excluding carboxylic acids is 1. The van der Waals surface area contributed by atoms with Gasteiger partial charge in [0.05, 0.1) is 5.69 Å². The van der Waals surface area contributed by atoms with Crippen molar-refractivity contribution in [2.45, 2.75) is 44.4 Å². The van der Waals surface area contributed by atoms with Crippen molar-refractivity contribution in [3.05, 3.63) is 27.7 Å². The highest BCUT2D eigenvalue weighted by Crippen LogP contribution is 2.49. The first-order chi connectivity index (χ1) is 10.6. The van der Waals surface area contributed by atoms with E-state index >= 15 is 0 Å². The zero-order valence-electron chi connectivity index (χ0n) is 12.6. The third-order valence-corrected chi connectivity index (χ3v) is 5.03. The van der Waals surface area contributed by atoms with Gasteiger partial charge in [0.1, 0.15) is 5.15 Å². The number of halogens is 1. The molecule has 2 aromatic rings. The Morgan fingerprint density at radius 1 is 1.36 bits per heavy atom. The molecule has 1 aliphatic heterocycles. The van der Waals surface area contributed by atoms with Gasteiger partial charge in [-0.05, 0) is 19.3 Å². The average Bonchev–Trinajstić information content (AvgIpc) is 3.19. The summed E-state index contributed by atoms with van der Waals surface area (Å²) in [4.78, 5) is 12.1. The van der Waals surface area contributed by atoms with Crippen LogP contribution in [0.1, 0.15) is 60.5 Å².